The maximum atomic E-state index is 12.7. The highest BCUT2D eigenvalue weighted by Gasteiger charge is 2.30. The van der Waals surface area contributed by atoms with Gasteiger partial charge in [-0.1, -0.05) is 6.07 Å². The number of nitrogens with two attached hydrogens (primary N) is 1. The maximum absolute atomic E-state index is 12.7. The van der Waals surface area contributed by atoms with Crippen molar-refractivity contribution in [2.24, 2.45) is 0 Å². The van der Waals surface area contributed by atoms with Gasteiger partial charge in [-0.05, 0) is 30.7 Å². The number of fused-ring (bicyclic) bond motifs is 1. The van der Waals surface area contributed by atoms with E-state index < -0.39 is 17.6 Å². The quantitative estimate of drug-likeness (QED) is 0.645. The number of rotatable bonds is 2. The molecule has 0 saturated heterocycles. The van der Waals surface area contributed by atoms with Crippen LogP contribution in [0.1, 0.15) is 20.8 Å². The Hall–Kier alpha value is -2.81. The van der Waals surface area contributed by atoms with Crippen LogP contribution in [0.25, 0.3) is 10.2 Å². The maximum Gasteiger partial charge on any atom is 0.416 e. The molecule has 0 fully saturated rings. The standard InChI is InChI=1S/C16H12F3N3O2S/c1-7-5-10(23)22-15-11(7)12(20)13(25-15)14(24)21-9-4-2-3-8(6-9)16(17,18)19/h2-6H,20H2,1H3,(H,21,24)(H,22,23). The Morgan fingerprint density at radius 3 is 2.68 bits per heavy atom. The lowest BCUT2D eigenvalue weighted by atomic mass is 10.1. The Morgan fingerprint density at radius 2 is 2.00 bits per heavy atom. The number of H-pyrrole nitrogens is 1. The van der Waals surface area contributed by atoms with Crippen LogP contribution < -0.4 is 16.6 Å². The molecule has 0 bridgehead atoms. The van der Waals surface area contributed by atoms with Crippen LogP contribution in [-0.4, -0.2) is 10.9 Å². The Labute approximate surface area is 143 Å². The van der Waals surface area contributed by atoms with E-state index in [0.29, 0.717) is 15.8 Å². The molecule has 0 aliphatic carbocycles. The number of carbonyl (C=O) groups is 1. The van der Waals surface area contributed by atoms with Gasteiger partial charge in [-0.3, -0.25) is 9.59 Å². The Kier molecular flexibility index (Phi) is 4.03. The van der Waals surface area contributed by atoms with Gasteiger partial charge >= 0.3 is 6.18 Å². The highest BCUT2D eigenvalue weighted by atomic mass is 32.1. The lowest BCUT2D eigenvalue weighted by Gasteiger charge is -2.09. The zero-order chi connectivity index (χ0) is 18.4. The fourth-order valence-corrected chi connectivity index (χ4v) is 3.55. The van der Waals surface area contributed by atoms with Crippen molar-refractivity contribution in [3.05, 3.63) is 56.7 Å². The summed E-state index contributed by atoms with van der Waals surface area (Å²) < 4.78 is 38.2. The molecule has 1 amide bonds. The molecule has 5 nitrogen and oxygen atoms in total. The smallest absolute Gasteiger partial charge is 0.397 e. The Bertz CT molecular complexity index is 1040. The van der Waals surface area contributed by atoms with Crippen molar-refractivity contribution in [3.8, 4) is 0 Å². The fourth-order valence-electron chi connectivity index (χ4n) is 2.47. The molecule has 0 radical (unpaired) electrons. The first-order valence-corrected chi connectivity index (χ1v) is 7.89. The molecule has 0 spiro atoms. The largest absolute Gasteiger partial charge is 0.416 e. The molecule has 0 aliphatic heterocycles. The average molecular weight is 367 g/mol. The van der Waals surface area contributed by atoms with E-state index in [4.69, 9.17) is 5.73 Å². The molecule has 3 rings (SSSR count). The summed E-state index contributed by atoms with van der Waals surface area (Å²) in [7, 11) is 0. The van der Waals surface area contributed by atoms with Gasteiger partial charge in [0.2, 0.25) is 5.56 Å². The van der Waals surface area contributed by atoms with E-state index in [9.17, 15) is 22.8 Å². The zero-order valence-corrected chi connectivity index (χ0v) is 13.6. The average Bonchev–Trinajstić information content (AvgIpc) is 2.83. The van der Waals surface area contributed by atoms with E-state index in [1.54, 1.807) is 6.92 Å². The fraction of sp³-hybridized carbons (Fsp3) is 0.125. The van der Waals surface area contributed by atoms with Crippen molar-refractivity contribution in [1.82, 2.24) is 4.98 Å². The van der Waals surface area contributed by atoms with E-state index in [1.165, 1.54) is 18.2 Å². The van der Waals surface area contributed by atoms with Crippen LogP contribution in [0.4, 0.5) is 24.5 Å². The minimum Gasteiger partial charge on any atom is -0.397 e. The first kappa shape index (κ1) is 17.0. The summed E-state index contributed by atoms with van der Waals surface area (Å²) in [5.41, 5.74) is 5.60. The van der Waals surface area contributed by atoms with E-state index in [2.05, 4.69) is 10.3 Å². The summed E-state index contributed by atoms with van der Waals surface area (Å²) in [6.45, 7) is 1.69. The molecule has 2 heterocycles. The molecule has 1 aromatic carbocycles. The molecule has 130 valence electrons. The van der Waals surface area contributed by atoms with Crippen LogP contribution in [0.3, 0.4) is 0 Å². The number of amides is 1. The lowest BCUT2D eigenvalue weighted by Crippen LogP contribution is -2.13. The van der Waals surface area contributed by atoms with Crippen LogP contribution in [0, 0.1) is 6.92 Å². The van der Waals surface area contributed by atoms with Crippen molar-refractivity contribution < 1.29 is 18.0 Å². The van der Waals surface area contributed by atoms with E-state index in [0.717, 1.165) is 23.5 Å². The number of hydrogen-bond acceptors (Lipinski definition) is 4. The predicted molar refractivity (Wildman–Crippen MR) is 91.0 cm³/mol. The summed E-state index contributed by atoms with van der Waals surface area (Å²) in [5, 5.41) is 2.96. The highest BCUT2D eigenvalue weighted by molar-refractivity contribution is 7.21. The first-order chi connectivity index (χ1) is 11.7. The summed E-state index contributed by atoms with van der Waals surface area (Å²) in [6, 6.07) is 5.67. The van der Waals surface area contributed by atoms with Crippen molar-refractivity contribution in [2.75, 3.05) is 11.1 Å². The van der Waals surface area contributed by atoms with Crippen LogP contribution in [0.15, 0.2) is 35.1 Å². The number of aromatic amines is 1. The third-order valence-electron chi connectivity index (χ3n) is 3.58. The second-order valence-corrected chi connectivity index (χ2v) is 6.42. The number of aromatic nitrogens is 1. The third-order valence-corrected chi connectivity index (χ3v) is 4.70. The van der Waals surface area contributed by atoms with E-state index in [-0.39, 0.29) is 21.8 Å². The normalized spacial score (nSPS) is 11.7. The number of benzene rings is 1. The van der Waals surface area contributed by atoms with Crippen molar-refractivity contribution in [2.45, 2.75) is 13.1 Å². The molecule has 0 saturated carbocycles. The van der Waals surface area contributed by atoms with Crippen molar-refractivity contribution in [3.63, 3.8) is 0 Å². The van der Waals surface area contributed by atoms with Crippen LogP contribution in [0.2, 0.25) is 0 Å². The summed E-state index contributed by atoms with van der Waals surface area (Å²) >= 11 is 0.975. The molecule has 0 unspecified atom stereocenters. The van der Waals surface area contributed by atoms with Gasteiger partial charge in [-0.2, -0.15) is 13.2 Å². The second-order valence-electron chi connectivity index (χ2n) is 5.40. The molecular weight excluding hydrogens is 355 g/mol. The molecule has 0 aliphatic rings. The molecule has 3 aromatic rings. The predicted octanol–water partition coefficient (Wildman–Crippen LogP) is 3.75. The molecule has 2 aromatic heterocycles. The minimum atomic E-state index is -4.51. The SMILES string of the molecule is Cc1cc(=O)[nH]c2sc(C(=O)Nc3cccc(C(F)(F)F)c3)c(N)c12. The van der Waals surface area contributed by atoms with Crippen LogP contribution >= 0.6 is 11.3 Å². The Balaban J connectivity index is 1.97. The number of halogens is 3. The Morgan fingerprint density at radius 1 is 1.28 bits per heavy atom. The van der Waals surface area contributed by atoms with E-state index in [1.807, 2.05) is 0 Å². The van der Waals surface area contributed by atoms with Crippen molar-refractivity contribution >= 4 is 38.8 Å². The number of nitrogens with one attached hydrogen (secondary N) is 2. The van der Waals surface area contributed by atoms with Gasteiger partial charge in [0.15, 0.2) is 0 Å². The monoisotopic (exact) mass is 367 g/mol. The third kappa shape index (κ3) is 3.22. The van der Waals surface area contributed by atoms with Crippen LogP contribution in [0.5, 0.6) is 0 Å². The van der Waals surface area contributed by atoms with Crippen molar-refractivity contribution in [1.29, 1.82) is 0 Å². The number of anilines is 2. The van der Waals surface area contributed by atoms with E-state index >= 15 is 0 Å². The molecule has 9 heteroatoms. The molecule has 4 N–H and O–H groups in total. The minimum absolute atomic E-state index is 0.00176. The zero-order valence-electron chi connectivity index (χ0n) is 12.8. The summed E-state index contributed by atoms with van der Waals surface area (Å²) in [5.74, 6) is -0.640. The van der Waals surface area contributed by atoms with Gasteiger partial charge in [-0.15, -0.1) is 11.3 Å². The second kappa shape index (κ2) is 5.92. The summed E-state index contributed by atoms with van der Waals surface area (Å²) in [6.07, 6.45) is -4.51. The number of hydrogen-bond donors (Lipinski definition) is 3. The number of thiophene rings is 1. The van der Waals surface area contributed by atoms with Gasteiger partial charge < -0.3 is 16.0 Å². The highest BCUT2D eigenvalue weighted by Crippen LogP contribution is 2.35. The number of carbonyl (C=O) groups excluding carboxylic acids is 1. The van der Waals surface area contributed by atoms with Crippen LogP contribution in [-0.2, 0) is 6.18 Å². The number of aryl methyl sites for hydroxylation is 1. The van der Waals surface area contributed by atoms with Gasteiger partial charge in [0.05, 0.1) is 11.3 Å². The van der Waals surface area contributed by atoms with Gasteiger partial charge in [0.1, 0.15) is 9.71 Å². The molecule has 0 atom stereocenters. The number of alkyl halides is 3. The molecular formula is C16H12F3N3O2S. The summed E-state index contributed by atoms with van der Waals surface area (Å²) in [4.78, 5) is 27.1. The molecule has 25 heavy (non-hydrogen) atoms. The van der Waals surface area contributed by atoms with Gasteiger partial charge in [0, 0.05) is 17.1 Å². The topological polar surface area (TPSA) is 88.0 Å². The van der Waals surface area contributed by atoms with Gasteiger partial charge in [-0.25, -0.2) is 0 Å². The first-order valence-electron chi connectivity index (χ1n) is 7.07. The number of nitrogen functional groups attached to an aromatic ring is 1. The lowest BCUT2D eigenvalue weighted by molar-refractivity contribution is -0.137. The van der Waals surface area contributed by atoms with Gasteiger partial charge in [0.25, 0.3) is 5.91 Å². The number of pyridine rings is 1.